The van der Waals surface area contributed by atoms with E-state index in [0.29, 0.717) is 13.0 Å². The Bertz CT molecular complexity index is 383. The molecule has 88 valence electrons. The summed E-state index contributed by atoms with van der Waals surface area (Å²) in [6, 6.07) is 0. The summed E-state index contributed by atoms with van der Waals surface area (Å²) in [7, 11) is 0. The average Bonchev–Trinajstić information content (AvgIpc) is 2.65. The predicted octanol–water partition coefficient (Wildman–Crippen LogP) is 1.45. The van der Waals surface area contributed by atoms with Crippen molar-refractivity contribution in [2.75, 3.05) is 13.1 Å². The number of piperidine rings is 1. The Labute approximate surface area is 98.7 Å². The second-order valence-corrected chi connectivity index (χ2v) is 5.37. The van der Waals surface area contributed by atoms with Gasteiger partial charge in [0.15, 0.2) is 0 Å². The highest BCUT2D eigenvalue weighted by molar-refractivity contribution is 7.09. The van der Waals surface area contributed by atoms with Crippen molar-refractivity contribution in [3.63, 3.8) is 0 Å². The first-order chi connectivity index (χ1) is 7.62. The highest BCUT2D eigenvalue weighted by atomic mass is 32.1. The molecule has 5 heteroatoms. The van der Waals surface area contributed by atoms with Crippen LogP contribution in [0.4, 0.5) is 0 Å². The van der Waals surface area contributed by atoms with Crippen molar-refractivity contribution in [2.24, 2.45) is 5.41 Å². The second-order valence-electron chi connectivity index (χ2n) is 4.43. The van der Waals surface area contributed by atoms with Gasteiger partial charge in [-0.2, -0.15) is 0 Å². The van der Waals surface area contributed by atoms with E-state index in [1.165, 1.54) is 0 Å². The zero-order chi connectivity index (χ0) is 11.6. The fourth-order valence-corrected chi connectivity index (χ4v) is 3.07. The van der Waals surface area contributed by atoms with Crippen LogP contribution in [-0.2, 0) is 11.2 Å². The first kappa shape index (κ1) is 11.5. The summed E-state index contributed by atoms with van der Waals surface area (Å²) in [5, 5.41) is 15.5. The van der Waals surface area contributed by atoms with Gasteiger partial charge in [0.25, 0.3) is 0 Å². The van der Waals surface area contributed by atoms with Crippen molar-refractivity contribution < 1.29 is 9.90 Å². The van der Waals surface area contributed by atoms with Gasteiger partial charge >= 0.3 is 5.97 Å². The highest BCUT2D eigenvalue weighted by Crippen LogP contribution is 2.31. The number of aromatic nitrogens is 1. The summed E-state index contributed by atoms with van der Waals surface area (Å²) >= 11 is 1.56. The molecule has 1 unspecified atom stereocenters. The lowest BCUT2D eigenvalue weighted by Gasteiger charge is -2.32. The Morgan fingerprint density at radius 2 is 2.56 bits per heavy atom. The summed E-state index contributed by atoms with van der Waals surface area (Å²) in [5.74, 6) is -0.701. The smallest absolute Gasteiger partial charge is 0.311 e. The Morgan fingerprint density at radius 3 is 3.06 bits per heavy atom. The van der Waals surface area contributed by atoms with Gasteiger partial charge in [-0.05, 0) is 26.3 Å². The van der Waals surface area contributed by atoms with E-state index in [9.17, 15) is 9.90 Å². The van der Waals surface area contributed by atoms with E-state index in [1.54, 1.807) is 11.3 Å². The zero-order valence-corrected chi connectivity index (χ0v) is 10.1. The lowest BCUT2D eigenvalue weighted by molar-refractivity contribution is -0.150. The van der Waals surface area contributed by atoms with Crippen LogP contribution in [0.2, 0.25) is 0 Å². The Balaban J connectivity index is 2.16. The molecule has 2 heterocycles. The number of aryl methyl sites for hydroxylation is 1. The zero-order valence-electron chi connectivity index (χ0n) is 9.32. The van der Waals surface area contributed by atoms with Gasteiger partial charge in [0, 0.05) is 24.0 Å². The minimum Gasteiger partial charge on any atom is -0.481 e. The summed E-state index contributed by atoms with van der Waals surface area (Å²) in [5.41, 5.74) is 0.326. The third-order valence-corrected chi connectivity index (χ3v) is 4.05. The van der Waals surface area contributed by atoms with Gasteiger partial charge in [0.05, 0.1) is 10.4 Å². The van der Waals surface area contributed by atoms with Crippen LogP contribution in [0, 0.1) is 12.3 Å². The molecule has 1 fully saturated rings. The molecule has 0 saturated carbocycles. The first-order valence-corrected chi connectivity index (χ1v) is 6.35. The maximum atomic E-state index is 11.4. The van der Waals surface area contributed by atoms with E-state index in [2.05, 4.69) is 10.3 Å². The number of aliphatic carboxylic acids is 1. The lowest BCUT2D eigenvalue weighted by Crippen LogP contribution is -2.47. The third kappa shape index (κ3) is 2.25. The van der Waals surface area contributed by atoms with Crippen LogP contribution in [0.25, 0.3) is 0 Å². The van der Waals surface area contributed by atoms with Gasteiger partial charge in [-0.15, -0.1) is 11.3 Å². The third-order valence-electron chi connectivity index (χ3n) is 3.08. The number of hydrogen-bond donors (Lipinski definition) is 2. The molecule has 0 spiro atoms. The van der Waals surface area contributed by atoms with Crippen molar-refractivity contribution >= 4 is 17.3 Å². The molecule has 1 aromatic heterocycles. The van der Waals surface area contributed by atoms with Gasteiger partial charge in [-0.25, -0.2) is 4.98 Å². The fraction of sp³-hybridized carbons (Fsp3) is 0.636. The topological polar surface area (TPSA) is 62.2 Å². The van der Waals surface area contributed by atoms with Crippen LogP contribution in [0.15, 0.2) is 5.38 Å². The van der Waals surface area contributed by atoms with Crippen LogP contribution >= 0.6 is 11.3 Å². The molecule has 16 heavy (non-hydrogen) atoms. The normalized spacial score (nSPS) is 25.6. The molecule has 0 aromatic carbocycles. The average molecular weight is 240 g/mol. The molecule has 0 bridgehead atoms. The van der Waals surface area contributed by atoms with Gasteiger partial charge in [-0.1, -0.05) is 0 Å². The summed E-state index contributed by atoms with van der Waals surface area (Å²) in [4.78, 5) is 15.8. The number of rotatable bonds is 3. The number of carboxylic acid groups (broad SMARTS) is 1. The van der Waals surface area contributed by atoms with Crippen molar-refractivity contribution in [1.82, 2.24) is 10.3 Å². The summed E-state index contributed by atoms with van der Waals surface area (Å²) in [6.45, 7) is 3.42. The quantitative estimate of drug-likeness (QED) is 0.839. The molecular formula is C11H16N2O2S. The van der Waals surface area contributed by atoms with Gasteiger partial charge in [-0.3, -0.25) is 4.79 Å². The molecule has 0 amide bonds. The summed E-state index contributed by atoms with van der Waals surface area (Å²) < 4.78 is 0. The molecule has 1 atom stereocenters. The Kier molecular flexibility index (Phi) is 3.25. The van der Waals surface area contributed by atoms with Crippen molar-refractivity contribution in [3.05, 3.63) is 16.1 Å². The lowest BCUT2D eigenvalue weighted by atomic mass is 9.78. The number of thiazole rings is 1. The second kappa shape index (κ2) is 4.51. The molecule has 4 nitrogen and oxygen atoms in total. The Morgan fingerprint density at radius 1 is 1.75 bits per heavy atom. The molecule has 1 saturated heterocycles. The van der Waals surface area contributed by atoms with Gasteiger partial charge in [0.1, 0.15) is 0 Å². The van der Waals surface area contributed by atoms with Crippen LogP contribution in [0.3, 0.4) is 0 Å². The molecule has 2 N–H and O–H groups in total. The maximum absolute atomic E-state index is 11.4. The molecular weight excluding hydrogens is 224 g/mol. The van der Waals surface area contributed by atoms with Gasteiger partial charge in [0.2, 0.25) is 0 Å². The molecule has 1 aromatic rings. The SMILES string of the molecule is Cc1csc(CC2(C(=O)O)CCCNC2)n1. The standard InChI is InChI=1S/C11H16N2O2S/c1-8-6-16-9(13-8)5-11(10(14)15)3-2-4-12-7-11/h6,12H,2-5,7H2,1H3,(H,14,15). The van der Waals surface area contributed by atoms with E-state index < -0.39 is 11.4 Å². The molecule has 2 rings (SSSR count). The minimum atomic E-state index is -0.701. The highest BCUT2D eigenvalue weighted by Gasteiger charge is 2.40. The number of carboxylic acids is 1. The molecule has 0 aliphatic carbocycles. The summed E-state index contributed by atoms with van der Waals surface area (Å²) in [6.07, 6.45) is 2.22. The largest absolute Gasteiger partial charge is 0.481 e. The van der Waals surface area contributed by atoms with E-state index in [4.69, 9.17) is 0 Å². The van der Waals surface area contributed by atoms with Crippen molar-refractivity contribution in [1.29, 1.82) is 0 Å². The number of nitrogens with one attached hydrogen (secondary N) is 1. The van der Waals surface area contributed by atoms with Crippen LogP contribution in [-0.4, -0.2) is 29.1 Å². The monoisotopic (exact) mass is 240 g/mol. The van der Waals surface area contributed by atoms with E-state index in [0.717, 1.165) is 30.1 Å². The van der Waals surface area contributed by atoms with Crippen molar-refractivity contribution in [2.45, 2.75) is 26.2 Å². The van der Waals surface area contributed by atoms with E-state index in [-0.39, 0.29) is 0 Å². The van der Waals surface area contributed by atoms with Crippen LogP contribution in [0.5, 0.6) is 0 Å². The Hall–Kier alpha value is -0.940. The minimum absolute atomic E-state index is 0.549. The van der Waals surface area contributed by atoms with E-state index in [1.807, 2.05) is 12.3 Å². The van der Waals surface area contributed by atoms with Crippen LogP contribution in [0.1, 0.15) is 23.5 Å². The number of nitrogens with zero attached hydrogens (tertiary/aromatic N) is 1. The first-order valence-electron chi connectivity index (χ1n) is 5.47. The molecule has 1 aliphatic heterocycles. The number of hydrogen-bond acceptors (Lipinski definition) is 4. The van der Waals surface area contributed by atoms with Crippen molar-refractivity contribution in [3.8, 4) is 0 Å². The number of carbonyl (C=O) groups is 1. The van der Waals surface area contributed by atoms with E-state index >= 15 is 0 Å². The predicted molar refractivity (Wildman–Crippen MR) is 62.7 cm³/mol. The molecule has 0 radical (unpaired) electrons. The fourth-order valence-electron chi connectivity index (χ4n) is 2.15. The van der Waals surface area contributed by atoms with Gasteiger partial charge < -0.3 is 10.4 Å². The molecule has 1 aliphatic rings. The van der Waals surface area contributed by atoms with Crippen LogP contribution < -0.4 is 5.32 Å². The maximum Gasteiger partial charge on any atom is 0.311 e.